The Bertz CT molecular complexity index is 1100. The molecule has 0 amide bonds. The van der Waals surface area contributed by atoms with E-state index < -0.39 is 16.0 Å². The van der Waals surface area contributed by atoms with Crippen molar-refractivity contribution in [1.82, 2.24) is 9.31 Å². The number of hydrazone groups is 1. The van der Waals surface area contributed by atoms with Crippen LogP contribution in [0.1, 0.15) is 20.3 Å². The lowest BCUT2D eigenvalue weighted by molar-refractivity contribution is -0.135. The van der Waals surface area contributed by atoms with Crippen LogP contribution in [-0.2, 0) is 14.8 Å². The van der Waals surface area contributed by atoms with Crippen molar-refractivity contribution in [3.63, 3.8) is 0 Å². The molecule has 0 spiro atoms. The van der Waals surface area contributed by atoms with E-state index in [4.69, 9.17) is 4.74 Å². The number of thioether (sulfide) groups is 1. The molecule has 1 aromatic rings. The predicted octanol–water partition coefficient (Wildman–Crippen LogP) is 3.64. The molecule has 2 aliphatic rings. The summed E-state index contributed by atoms with van der Waals surface area (Å²) in [5.74, 6) is 1.56. The van der Waals surface area contributed by atoms with Crippen LogP contribution in [0.15, 0.2) is 70.7 Å². The Morgan fingerprint density at radius 1 is 1.26 bits per heavy atom. The van der Waals surface area contributed by atoms with Gasteiger partial charge in [-0.1, -0.05) is 44.7 Å². The fraction of sp³-hybridized carbons (Fsp3) is 0.440. The van der Waals surface area contributed by atoms with Gasteiger partial charge in [-0.25, -0.2) is 8.42 Å². The molecule has 35 heavy (non-hydrogen) atoms. The smallest absolute Gasteiger partial charge is 0.309 e. The monoisotopic (exact) mass is 519 g/mol. The molecule has 1 N–H and O–H groups in total. The van der Waals surface area contributed by atoms with Gasteiger partial charge in [-0.2, -0.15) is 21.2 Å². The molecule has 2 aliphatic heterocycles. The lowest BCUT2D eigenvalue weighted by Crippen LogP contribution is -2.38. The molecule has 0 radical (unpaired) electrons. The molecule has 2 atom stereocenters. The van der Waals surface area contributed by atoms with Crippen LogP contribution in [0.25, 0.3) is 0 Å². The summed E-state index contributed by atoms with van der Waals surface area (Å²) in [4.78, 5) is 11.6. The van der Waals surface area contributed by atoms with Crippen LogP contribution in [0.2, 0.25) is 0 Å². The Labute approximate surface area is 212 Å². The van der Waals surface area contributed by atoms with E-state index >= 15 is 0 Å². The molecule has 0 unspecified atom stereocenters. The molecule has 190 valence electrons. The Morgan fingerprint density at radius 2 is 2.00 bits per heavy atom. The largest absolute Gasteiger partial charge is 0.493 e. The number of ether oxygens (including phenoxy) is 1. The maximum atomic E-state index is 13.4. The molecule has 1 aromatic carbocycles. The number of allylic oxidation sites excluding steroid dienone is 4. The molecule has 1 fully saturated rings. The third-order valence-corrected chi connectivity index (χ3v) is 8.57. The molecule has 0 aliphatic carbocycles. The van der Waals surface area contributed by atoms with Gasteiger partial charge in [0.2, 0.25) is 10.0 Å². The van der Waals surface area contributed by atoms with Crippen molar-refractivity contribution < 1.29 is 23.1 Å². The summed E-state index contributed by atoms with van der Waals surface area (Å²) in [5, 5.41) is 15.7. The third kappa shape index (κ3) is 7.22. The van der Waals surface area contributed by atoms with Crippen molar-refractivity contribution in [3.8, 4) is 5.75 Å². The van der Waals surface area contributed by atoms with E-state index in [9.17, 15) is 18.3 Å². The lowest BCUT2D eigenvalue weighted by Gasteiger charge is -2.28. The highest BCUT2D eigenvalue weighted by atomic mass is 32.2. The molecule has 10 heteroatoms. The summed E-state index contributed by atoms with van der Waals surface area (Å²) in [7, 11) is -3.70. The highest BCUT2D eigenvalue weighted by molar-refractivity contribution is 7.99. The number of carboxylic acid groups (broad SMARTS) is 1. The second-order valence-corrected chi connectivity index (χ2v) is 11.8. The van der Waals surface area contributed by atoms with Crippen LogP contribution in [0, 0.1) is 5.92 Å². The molecule has 0 bridgehead atoms. The summed E-state index contributed by atoms with van der Waals surface area (Å²) in [6.07, 6.45) is 7.05. The number of hydrogen-bond donors (Lipinski definition) is 1. The normalized spacial score (nSPS) is 24.7. The van der Waals surface area contributed by atoms with Crippen molar-refractivity contribution in [3.05, 3.63) is 60.7 Å². The van der Waals surface area contributed by atoms with E-state index in [1.807, 2.05) is 19.1 Å². The number of nitrogens with zero attached hydrogens (tertiary/aromatic N) is 3. The number of carbonyl (C=O) groups is 1. The molecule has 0 aromatic heterocycles. The fourth-order valence-corrected chi connectivity index (χ4v) is 6.04. The minimum absolute atomic E-state index is 0.00588. The average Bonchev–Trinajstić information content (AvgIpc) is 3.24. The average molecular weight is 520 g/mol. The summed E-state index contributed by atoms with van der Waals surface area (Å²) in [6.45, 7) is 9.64. The first-order valence-corrected chi connectivity index (χ1v) is 14.2. The van der Waals surface area contributed by atoms with Crippen molar-refractivity contribution in [2.24, 2.45) is 11.0 Å². The molecular weight excluding hydrogens is 486 g/mol. The maximum Gasteiger partial charge on any atom is 0.309 e. The Kier molecular flexibility index (Phi) is 9.59. The van der Waals surface area contributed by atoms with E-state index in [1.54, 1.807) is 53.2 Å². The first-order valence-electron chi connectivity index (χ1n) is 11.6. The zero-order chi connectivity index (χ0) is 25.4. The van der Waals surface area contributed by atoms with Crippen molar-refractivity contribution in [2.75, 3.05) is 37.7 Å². The first kappa shape index (κ1) is 27.0. The summed E-state index contributed by atoms with van der Waals surface area (Å²) >= 11 is 1.79. The number of rotatable bonds is 10. The molecule has 2 heterocycles. The second kappa shape index (κ2) is 12.4. The lowest BCUT2D eigenvalue weighted by atomic mass is 10.1. The van der Waals surface area contributed by atoms with E-state index in [0.29, 0.717) is 36.7 Å². The van der Waals surface area contributed by atoms with Gasteiger partial charge in [-0.05, 0) is 41.5 Å². The van der Waals surface area contributed by atoms with Crippen LogP contribution >= 0.6 is 11.8 Å². The quantitative estimate of drug-likeness (QED) is 0.471. The van der Waals surface area contributed by atoms with Crippen molar-refractivity contribution >= 4 is 33.5 Å². The van der Waals surface area contributed by atoms with Crippen LogP contribution in [0.3, 0.4) is 0 Å². The zero-order valence-corrected chi connectivity index (χ0v) is 21.8. The maximum absolute atomic E-state index is 13.4. The van der Waals surface area contributed by atoms with Crippen molar-refractivity contribution in [1.29, 1.82) is 0 Å². The molecular formula is C25H33N3O5S2. The molecule has 0 saturated carbocycles. The first-order chi connectivity index (χ1) is 16.7. The van der Waals surface area contributed by atoms with Gasteiger partial charge in [-0.15, -0.1) is 0 Å². The van der Waals surface area contributed by atoms with Gasteiger partial charge in [0.15, 0.2) is 0 Å². The standard InChI is InChI=1S/C25H33N3O5S2/c1-4-34-15-14-33-21-9-11-22(12-10-21)35(31,32)27-17-20(3)24(18-27)28-13-7-5-6-8-19(2)23(26-28)16-25(29)30/h5-12,20,24H,2,4,13-18H2,1,3H3,(H,29,30)/b7-5-,8-6-,26-23-/t20-,24+/m1/s1. The number of benzene rings is 1. The van der Waals surface area contributed by atoms with Gasteiger partial charge in [0.25, 0.3) is 0 Å². The zero-order valence-electron chi connectivity index (χ0n) is 20.2. The van der Waals surface area contributed by atoms with E-state index in [-0.39, 0.29) is 29.8 Å². The van der Waals surface area contributed by atoms with Crippen molar-refractivity contribution in [2.45, 2.75) is 31.2 Å². The Morgan fingerprint density at radius 3 is 2.69 bits per heavy atom. The molecule has 3 rings (SSSR count). The topological polar surface area (TPSA) is 99.5 Å². The number of aliphatic carboxylic acids is 1. The minimum atomic E-state index is -3.70. The predicted molar refractivity (Wildman–Crippen MR) is 140 cm³/mol. The number of hydrogen-bond acceptors (Lipinski definition) is 7. The SMILES string of the molecule is C=C1/C=C\C=C/CN([C@H]2CN(S(=O)(=O)c3ccc(OCCSCC)cc3)C[C@H]2C)/N=C\1CC(=O)O. The summed E-state index contributed by atoms with van der Waals surface area (Å²) < 4.78 is 33.9. The van der Waals surface area contributed by atoms with E-state index in [2.05, 4.69) is 18.6 Å². The highest BCUT2D eigenvalue weighted by Crippen LogP contribution is 2.29. The summed E-state index contributed by atoms with van der Waals surface area (Å²) in [5.41, 5.74) is 0.883. The van der Waals surface area contributed by atoms with Gasteiger partial charge in [0.05, 0.1) is 36.2 Å². The van der Waals surface area contributed by atoms with E-state index in [1.165, 1.54) is 4.31 Å². The Balaban J connectivity index is 1.75. The van der Waals surface area contributed by atoms with Gasteiger partial charge < -0.3 is 9.84 Å². The molecule has 8 nitrogen and oxygen atoms in total. The molecule has 1 saturated heterocycles. The Hall–Kier alpha value is -2.56. The van der Waals surface area contributed by atoms with Crippen LogP contribution in [0.5, 0.6) is 5.75 Å². The van der Waals surface area contributed by atoms with Crippen LogP contribution in [0.4, 0.5) is 0 Å². The fourth-order valence-electron chi connectivity index (χ4n) is 3.99. The van der Waals surface area contributed by atoms with Crippen LogP contribution < -0.4 is 4.74 Å². The van der Waals surface area contributed by atoms with Gasteiger partial charge in [-0.3, -0.25) is 9.80 Å². The minimum Gasteiger partial charge on any atom is -0.493 e. The second-order valence-electron chi connectivity index (χ2n) is 8.44. The van der Waals surface area contributed by atoms with E-state index in [0.717, 1.165) is 11.5 Å². The van der Waals surface area contributed by atoms with Gasteiger partial charge >= 0.3 is 5.97 Å². The van der Waals surface area contributed by atoms with Gasteiger partial charge in [0, 0.05) is 18.8 Å². The highest BCUT2D eigenvalue weighted by Gasteiger charge is 2.40. The third-order valence-electron chi connectivity index (χ3n) is 5.86. The summed E-state index contributed by atoms with van der Waals surface area (Å²) in [6, 6.07) is 6.33. The van der Waals surface area contributed by atoms with Gasteiger partial charge in [0.1, 0.15) is 5.75 Å². The number of carboxylic acids is 1. The van der Waals surface area contributed by atoms with Crippen LogP contribution in [-0.4, -0.2) is 78.3 Å². The number of sulfonamides is 1.